The van der Waals surface area contributed by atoms with E-state index in [2.05, 4.69) is 9.71 Å². The molecule has 2 aromatic rings. The molecule has 5 nitrogen and oxygen atoms in total. The summed E-state index contributed by atoms with van der Waals surface area (Å²) < 4.78 is 45.4. The molecule has 25 heavy (non-hydrogen) atoms. The molecule has 7 heteroatoms. The van der Waals surface area contributed by atoms with Gasteiger partial charge in [-0.15, -0.1) is 0 Å². The predicted molar refractivity (Wildman–Crippen MR) is 95.2 cm³/mol. The summed E-state index contributed by atoms with van der Waals surface area (Å²) in [6.45, 7) is 1.96. The van der Waals surface area contributed by atoms with Crippen molar-refractivity contribution in [1.29, 1.82) is 0 Å². The van der Waals surface area contributed by atoms with E-state index in [1.54, 1.807) is 50.4 Å². The molecule has 2 aromatic carbocycles. The summed E-state index contributed by atoms with van der Waals surface area (Å²) in [6.07, 6.45) is 0. The van der Waals surface area contributed by atoms with Gasteiger partial charge in [0.25, 0.3) is 10.0 Å². The predicted octanol–water partition coefficient (Wildman–Crippen LogP) is 3.10. The maximum Gasteiger partial charge on any atom is 0.264 e. The fraction of sp³-hybridized carbons (Fsp3) is 0.167. The molecule has 1 aliphatic rings. The summed E-state index contributed by atoms with van der Waals surface area (Å²) in [4.78, 5) is 4.53. The molecular weight excluding hydrogens is 343 g/mol. The smallest absolute Gasteiger partial charge is 0.264 e. The van der Waals surface area contributed by atoms with Crippen LogP contribution in [0.2, 0.25) is 0 Å². The van der Waals surface area contributed by atoms with Crippen LogP contribution in [0.4, 0.5) is 4.39 Å². The molecule has 0 saturated heterocycles. The van der Waals surface area contributed by atoms with Gasteiger partial charge >= 0.3 is 0 Å². The topological polar surface area (TPSA) is 67.8 Å². The van der Waals surface area contributed by atoms with E-state index in [0.717, 1.165) is 5.56 Å². The van der Waals surface area contributed by atoms with E-state index >= 15 is 0 Å². The van der Waals surface area contributed by atoms with Crippen LogP contribution < -0.4 is 9.46 Å². The molecule has 0 unspecified atom stereocenters. The summed E-state index contributed by atoms with van der Waals surface area (Å²) in [5, 5.41) is 0. The van der Waals surface area contributed by atoms with Crippen molar-refractivity contribution in [2.45, 2.75) is 13.5 Å². The number of sulfonamides is 1. The van der Waals surface area contributed by atoms with Gasteiger partial charge < -0.3 is 4.74 Å². The zero-order valence-corrected chi connectivity index (χ0v) is 14.6. The number of aliphatic imine (C=N–C) groups is 1. The van der Waals surface area contributed by atoms with Crippen molar-refractivity contribution in [2.75, 3.05) is 7.11 Å². The zero-order chi connectivity index (χ0) is 18.0. The van der Waals surface area contributed by atoms with Crippen molar-refractivity contribution >= 4 is 20.8 Å². The van der Waals surface area contributed by atoms with Crippen molar-refractivity contribution in [3.05, 3.63) is 71.0 Å². The highest BCUT2D eigenvalue weighted by Crippen LogP contribution is 2.30. The van der Waals surface area contributed by atoms with Gasteiger partial charge in [0.15, 0.2) is 0 Å². The highest BCUT2D eigenvalue weighted by atomic mass is 32.2. The number of benzene rings is 2. The quantitative estimate of drug-likeness (QED) is 0.911. The minimum atomic E-state index is -3.67. The molecule has 130 valence electrons. The normalized spacial score (nSPS) is 17.6. The van der Waals surface area contributed by atoms with Crippen LogP contribution in [0.25, 0.3) is 4.91 Å². The molecular formula is C18H17FN2O3S. The van der Waals surface area contributed by atoms with Crippen molar-refractivity contribution in [3.8, 4) is 5.75 Å². The Labute approximate surface area is 145 Å². The second-order valence-corrected chi connectivity index (χ2v) is 7.20. The van der Waals surface area contributed by atoms with E-state index in [-0.39, 0.29) is 17.3 Å². The summed E-state index contributed by atoms with van der Waals surface area (Å²) in [6, 6.07) is 12.7. The first-order valence-corrected chi connectivity index (χ1v) is 9.06. The Morgan fingerprint density at radius 3 is 2.32 bits per heavy atom. The number of amidine groups is 1. The Morgan fingerprint density at radius 2 is 1.72 bits per heavy atom. The van der Waals surface area contributed by atoms with Crippen molar-refractivity contribution in [2.24, 2.45) is 4.99 Å². The fourth-order valence-corrected chi connectivity index (χ4v) is 4.11. The second-order valence-electron chi connectivity index (χ2n) is 5.58. The third-order valence-electron chi connectivity index (χ3n) is 3.88. The first-order valence-electron chi connectivity index (χ1n) is 7.58. The number of hydrogen-bond donors (Lipinski definition) is 1. The molecule has 0 amide bonds. The van der Waals surface area contributed by atoms with E-state index in [0.29, 0.717) is 22.7 Å². The summed E-state index contributed by atoms with van der Waals surface area (Å²) in [5.41, 5.74) is 1.91. The SMILES string of the molecule is COc1ccc(C2=C(C)C(=NCc3ccc(F)cc3)NS2(=O)=O)cc1. The fourth-order valence-electron chi connectivity index (χ4n) is 2.59. The lowest BCUT2D eigenvalue weighted by atomic mass is 10.1. The van der Waals surface area contributed by atoms with Crippen molar-refractivity contribution < 1.29 is 17.5 Å². The van der Waals surface area contributed by atoms with Crippen molar-refractivity contribution in [3.63, 3.8) is 0 Å². The van der Waals surface area contributed by atoms with Crippen LogP contribution >= 0.6 is 0 Å². The Kier molecular flexibility index (Phi) is 4.59. The number of hydrogen-bond acceptors (Lipinski definition) is 4. The molecule has 0 fully saturated rings. The van der Waals surface area contributed by atoms with Gasteiger partial charge in [0.2, 0.25) is 0 Å². The molecule has 0 saturated carbocycles. The summed E-state index contributed by atoms with van der Waals surface area (Å²) in [7, 11) is -2.12. The Balaban J connectivity index is 1.93. The van der Waals surface area contributed by atoms with Crippen LogP contribution in [0, 0.1) is 5.82 Å². The number of nitrogens with one attached hydrogen (secondary N) is 1. The molecule has 0 radical (unpaired) electrons. The number of ether oxygens (including phenoxy) is 1. The molecule has 0 aromatic heterocycles. The first kappa shape index (κ1) is 17.2. The molecule has 0 spiro atoms. The third-order valence-corrected chi connectivity index (χ3v) is 5.42. The third kappa shape index (κ3) is 3.56. The maximum absolute atomic E-state index is 12.9. The van der Waals surface area contributed by atoms with E-state index in [1.165, 1.54) is 12.1 Å². The summed E-state index contributed by atoms with van der Waals surface area (Å²) in [5.74, 6) is 0.626. The molecule has 0 bridgehead atoms. The van der Waals surface area contributed by atoms with Crippen LogP contribution in [-0.2, 0) is 16.6 Å². The minimum Gasteiger partial charge on any atom is -0.497 e. The largest absolute Gasteiger partial charge is 0.497 e. The molecule has 3 rings (SSSR count). The van der Waals surface area contributed by atoms with Crippen LogP contribution in [0.3, 0.4) is 0 Å². The van der Waals surface area contributed by atoms with Crippen LogP contribution in [0.1, 0.15) is 18.1 Å². The standard InChI is InChI=1S/C18H17FN2O3S/c1-12-17(14-5-9-16(24-2)10-6-14)25(22,23)21-18(12)20-11-13-3-7-15(19)8-4-13/h3-10H,11H2,1-2H3,(H,20,21). The number of methoxy groups -OCH3 is 1. The monoisotopic (exact) mass is 360 g/mol. The minimum absolute atomic E-state index is 0.202. The maximum atomic E-state index is 12.9. The highest BCUT2D eigenvalue weighted by molar-refractivity contribution is 8.00. The van der Waals surface area contributed by atoms with E-state index in [4.69, 9.17) is 4.74 Å². The first-order chi connectivity index (χ1) is 11.9. The van der Waals surface area contributed by atoms with Gasteiger partial charge in [-0.1, -0.05) is 12.1 Å². The number of rotatable bonds is 4. The molecule has 1 aliphatic heterocycles. The molecule has 0 aliphatic carbocycles. The lowest BCUT2D eigenvalue weighted by Gasteiger charge is -2.04. The second kappa shape index (κ2) is 6.68. The van der Waals surface area contributed by atoms with Crippen molar-refractivity contribution in [1.82, 2.24) is 4.72 Å². The Morgan fingerprint density at radius 1 is 1.08 bits per heavy atom. The highest BCUT2D eigenvalue weighted by Gasteiger charge is 2.32. The van der Waals surface area contributed by atoms with Gasteiger partial charge in [0.1, 0.15) is 22.3 Å². The Hall–Kier alpha value is -2.67. The van der Waals surface area contributed by atoms with Gasteiger partial charge in [-0.2, -0.15) is 0 Å². The average molecular weight is 360 g/mol. The van der Waals surface area contributed by atoms with Gasteiger partial charge in [-0.25, -0.2) is 12.8 Å². The lowest BCUT2D eigenvalue weighted by Crippen LogP contribution is -2.23. The number of halogens is 1. The molecule has 0 atom stereocenters. The van der Waals surface area contributed by atoms with E-state index < -0.39 is 10.0 Å². The van der Waals surface area contributed by atoms with Crippen LogP contribution in [0.15, 0.2) is 59.1 Å². The Bertz CT molecular complexity index is 947. The lowest BCUT2D eigenvalue weighted by molar-refractivity contribution is 0.415. The van der Waals surface area contributed by atoms with Gasteiger partial charge in [0.05, 0.1) is 13.7 Å². The van der Waals surface area contributed by atoms with Gasteiger partial charge in [-0.05, 0) is 54.4 Å². The van der Waals surface area contributed by atoms with Crippen LogP contribution in [-0.4, -0.2) is 21.4 Å². The average Bonchev–Trinajstić information content (AvgIpc) is 2.83. The van der Waals surface area contributed by atoms with E-state index in [9.17, 15) is 12.8 Å². The van der Waals surface area contributed by atoms with E-state index in [1.807, 2.05) is 0 Å². The van der Waals surface area contributed by atoms with Crippen LogP contribution in [0.5, 0.6) is 5.75 Å². The van der Waals surface area contributed by atoms with Gasteiger partial charge in [-0.3, -0.25) is 9.71 Å². The summed E-state index contributed by atoms with van der Waals surface area (Å²) >= 11 is 0. The number of nitrogens with zero attached hydrogens (tertiary/aromatic N) is 1. The zero-order valence-electron chi connectivity index (χ0n) is 13.8. The molecule has 1 heterocycles. The molecule has 1 N–H and O–H groups in total. The van der Waals surface area contributed by atoms with Gasteiger partial charge in [0, 0.05) is 5.57 Å².